The fraction of sp³-hybridized carbons (Fsp3) is 0.0870. The molecule has 134 valence electrons. The number of hydrogen-bond donors (Lipinski definition) is 0. The van der Waals surface area contributed by atoms with Gasteiger partial charge in [-0.3, -0.25) is 0 Å². The van der Waals surface area contributed by atoms with Gasteiger partial charge in [0.1, 0.15) is 5.75 Å². The van der Waals surface area contributed by atoms with E-state index in [1.54, 1.807) is 6.92 Å². The third kappa shape index (κ3) is 3.31. The average molecular weight is 372 g/mol. The molecule has 0 bridgehead atoms. The molecule has 0 fully saturated rings. The van der Waals surface area contributed by atoms with Gasteiger partial charge >= 0.3 is 5.97 Å². The summed E-state index contributed by atoms with van der Waals surface area (Å²) >= 11 is 0. The molecule has 1 unspecified atom stereocenters. The molecule has 0 amide bonds. The molecule has 4 rings (SSSR count). The Morgan fingerprint density at radius 1 is 1.00 bits per heavy atom. The number of ether oxygens (including phenoxy) is 2. The summed E-state index contributed by atoms with van der Waals surface area (Å²) in [4.78, 5) is 11.3. The number of esters is 1. The minimum atomic E-state index is -0.668. The molecule has 0 aliphatic rings. The monoisotopic (exact) mass is 372 g/mol. The fourth-order valence-electron chi connectivity index (χ4n) is 3.57. The third-order valence-corrected chi connectivity index (χ3v) is 5.51. The van der Waals surface area contributed by atoms with E-state index in [0.717, 1.165) is 21.7 Å². The second-order valence-corrected chi connectivity index (χ2v) is 7.73. The van der Waals surface area contributed by atoms with E-state index in [4.69, 9.17) is 9.47 Å². The van der Waals surface area contributed by atoms with E-state index in [1.807, 2.05) is 12.1 Å². The number of hydrogen-bond acceptors (Lipinski definition) is 3. The van der Waals surface area contributed by atoms with Crippen LogP contribution in [0.2, 0.25) is 0 Å². The van der Waals surface area contributed by atoms with E-state index < -0.39 is 12.3 Å². The summed E-state index contributed by atoms with van der Waals surface area (Å²) in [5.74, 6) is 0.212. The van der Waals surface area contributed by atoms with Crippen molar-refractivity contribution in [3.63, 3.8) is 0 Å². The van der Waals surface area contributed by atoms with Crippen LogP contribution in [-0.4, -0.2) is 22.5 Å². The van der Waals surface area contributed by atoms with Crippen molar-refractivity contribution < 1.29 is 14.3 Å². The molecule has 4 aromatic carbocycles. The molecular weight excluding hydrogens is 352 g/mol. The van der Waals surface area contributed by atoms with Crippen molar-refractivity contribution in [3.05, 3.63) is 73.3 Å². The fourth-order valence-corrected chi connectivity index (χ4v) is 4.41. The molecule has 3 nitrogen and oxygen atoms in total. The standard InChI is InChI=1S/C23H20O3Si/c1-3-22(24)26-14(2)25-19-11-18-9-8-17-10-15-6-4-5-7-16(15)12-20(17)23(18)21(27)13-19/h3-14H,1H2,2,27H3. The predicted molar refractivity (Wildman–Crippen MR) is 115 cm³/mol. The van der Waals surface area contributed by atoms with Crippen molar-refractivity contribution >= 4 is 53.7 Å². The molecule has 0 heterocycles. The van der Waals surface area contributed by atoms with Gasteiger partial charge in [0, 0.05) is 23.2 Å². The largest absolute Gasteiger partial charge is 0.455 e. The van der Waals surface area contributed by atoms with Gasteiger partial charge in [-0.05, 0) is 56.6 Å². The van der Waals surface area contributed by atoms with Crippen molar-refractivity contribution in [2.24, 2.45) is 0 Å². The van der Waals surface area contributed by atoms with E-state index in [2.05, 4.69) is 55.1 Å². The van der Waals surface area contributed by atoms with Crippen molar-refractivity contribution in [2.45, 2.75) is 13.2 Å². The zero-order valence-electron chi connectivity index (χ0n) is 15.4. The number of carbonyl (C=O) groups excluding carboxylic acids is 1. The lowest BCUT2D eigenvalue weighted by molar-refractivity contribution is -0.154. The minimum absolute atomic E-state index is 0.493. The maximum atomic E-state index is 11.3. The van der Waals surface area contributed by atoms with Crippen LogP contribution in [0.25, 0.3) is 32.3 Å². The molecule has 4 aromatic rings. The summed E-state index contributed by atoms with van der Waals surface area (Å²) in [6.07, 6.45) is 0.466. The quantitative estimate of drug-likeness (QED) is 0.137. The van der Waals surface area contributed by atoms with Gasteiger partial charge in [-0.15, -0.1) is 0 Å². The third-order valence-electron chi connectivity index (χ3n) is 4.72. The van der Waals surface area contributed by atoms with Gasteiger partial charge in [-0.1, -0.05) is 48.2 Å². The molecule has 0 saturated heterocycles. The SMILES string of the molecule is C=CC(=O)OC(C)Oc1cc([SiH3])c2c(ccc3cc4ccccc4cc32)c1. The second-order valence-electron chi connectivity index (χ2n) is 6.65. The van der Waals surface area contributed by atoms with Crippen LogP contribution < -0.4 is 9.92 Å². The molecule has 0 aromatic heterocycles. The van der Waals surface area contributed by atoms with Gasteiger partial charge in [0.2, 0.25) is 6.29 Å². The predicted octanol–water partition coefficient (Wildman–Crippen LogP) is 3.59. The van der Waals surface area contributed by atoms with Crippen LogP contribution in [-0.2, 0) is 9.53 Å². The lowest BCUT2D eigenvalue weighted by Crippen LogP contribution is -2.20. The maximum absolute atomic E-state index is 11.3. The van der Waals surface area contributed by atoms with E-state index in [0.29, 0.717) is 5.75 Å². The smallest absolute Gasteiger partial charge is 0.333 e. The molecule has 0 aliphatic carbocycles. The summed E-state index contributed by atoms with van der Waals surface area (Å²) < 4.78 is 10.9. The van der Waals surface area contributed by atoms with Crippen molar-refractivity contribution in [3.8, 4) is 5.75 Å². The first-order valence-corrected chi connectivity index (χ1v) is 9.91. The Balaban J connectivity index is 1.81. The van der Waals surface area contributed by atoms with Crippen LogP contribution in [0.15, 0.2) is 73.3 Å². The molecular formula is C23H20O3Si. The summed E-state index contributed by atoms with van der Waals surface area (Å²) in [6.45, 7) is 5.10. The van der Waals surface area contributed by atoms with Crippen LogP contribution in [0.5, 0.6) is 5.75 Å². The Bertz CT molecular complexity index is 1200. The summed E-state index contributed by atoms with van der Waals surface area (Å²) in [5, 5.41) is 8.64. The number of rotatable bonds is 4. The first-order chi connectivity index (χ1) is 13.0. The normalized spacial score (nSPS) is 12.3. The molecule has 0 aliphatic heterocycles. The Morgan fingerprint density at radius 3 is 2.44 bits per heavy atom. The highest BCUT2D eigenvalue weighted by atomic mass is 28.1. The Kier molecular flexibility index (Phi) is 4.42. The molecule has 0 spiro atoms. The number of benzene rings is 4. The number of fused-ring (bicyclic) bond motifs is 4. The van der Waals surface area contributed by atoms with Crippen LogP contribution in [0.4, 0.5) is 0 Å². The Hall–Kier alpha value is -3.11. The molecule has 0 saturated carbocycles. The van der Waals surface area contributed by atoms with Crippen molar-refractivity contribution in [1.29, 1.82) is 0 Å². The molecule has 0 N–H and O–H groups in total. The van der Waals surface area contributed by atoms with Gasteiger partial charge in [0.15, 0.2) is 0 Å². The van der Waals surface area contributed by atoms with Crippen LogP contribution in [0.3, 0.4) is 0 Å². The zero-order valence-corrected chi connectivity index (χ0v) is 17.4. The van der Waals surface area contributed by atoms with E-state index >= 15 is 0 Å². The maximum Gasteiger partial charge on any atom is 0.333 e. The van der Waals surface area contributed by atoms with E-state index in [9.17, 15) is 4.79 Å². The highest BCUT2D eigenvalue weighted by Gasteiger charge is 2.11. The lowest BCUT2D eigenvalue weighted by Gasteiger charge is -2.16. The lowest BCUT2D eigenvalue weighted by atomic mass is 9.98. The van der Waals surface area contributed by atoms with Gasteiger partial charge in [0.05, 0.1) is 0 Å². The van der Waals surface area contributed by atoms with Gasteiger partial charge in [0.25, 0.3) is 0 Å². The van der Waals surface area contributed by atoms with Crippen molar-refractivity contribution in [1.82, 2.24) is 0 Å². The van der Waals surface area contributed by atoms with Gasteiger partial charge in [-0.2, -0.15) is 0 Å². The Morgan fingerprint density at radius 2 is 1.70 bits per heavy atom. The molecule has 1 atom stereocenters. The number of carbonyl (C=O) groups is 1. The van der Waals surface area contributed by atoms with Crippen LogP contribution >= 0.6 is 0 Å². The Labute approximate surface area is 160 Å². The first kappa shape index (κ1) is 17.3. The van der Waals surface area contributed by atoms with E-state index in [1.165, 1.54) is 32.1 Å². The van der Waals surface area contributed by atoms with Gasteiger partial charge < -0.3 is 9.47 Å². The molecule has 0 radical (unpaired) electrons. The van der Waals surface area contributed by atoms with Gasteiger partial charge in [-0.25, -0.2) is 4.79 Å². The van der Waals surface area contributed by atoms with Crippen LogP contribution in [0.1, 0.15) is 6.92 Å². The minimum Gasteiger partial charge on any atom is -0.455 e. The summed E-state index contributed by atoms with van der Waals surface area (Å²) in [5.41, 5.74) is 0. The zero-order chi connectivity index (χ0) is 19.0. The first-order valence-electron chi connectivity index (χ1n) is 8.91. The molecule has 4 heteroatoms. The molecule has 27 heavy (non-hydrogen) atoms. The van der Waals surface area contributed by atoms with Crippen LogP contribution in [0, 0.1) is 0 Å². The highest BCUT2D eigenvalue weighted by Crippen LogP contribution is 2.30. The topological polar surface area (TPSA) is 35.5 Å². The summed E-state index contributed by atoms with van der Waals surface area (Å²) in [7, 11) is 0.881. The van der Waals surface area contributed by atoms with E-state index in [-0.39, 0.29) is 0 Å². The van der Waals surface area contributed by atoms with Crippen molar-refractivity contribution in [2.75, 3.05) is 0 Å². The summed E-state index contributed by atoms with van der Waals surface area (Å²) in [6, 6.07) is 21.3. The second kappa shape index (κ2) is 6.89. The highest BCUT2D eigenvalue weighted by molar-refractivity contribution is 6.42. The average Bonchev–Trinajstić information content (AvgIpc) is 2.65.